The molecule has 1 aromatic carbocycles. The summed E-state index contributed by atoms with van der Waals surface area (Å²) in [4.78, 5) is 11.1. The van der Waals surface area contributed by atoms with E-state index in [0.29, 0.717) is 6.42 Å². The topological polar surface area (TPSA) is 119 Å². The van der Waals surface area contributed by atoms with E-state index in [1.54, 1.807) is 0 Å². The molecule has 25 heavy (non-hydrogen) atoms. The number of fused-ring (bicyclic) bond motifs is 1. The lowest BCUT2D eigenvalue weighted by atomic mass is 10.0. The van der Waals surface area contributed by atoms with Crippen LogP contribution in [0.2, 0.25) is 0 Å². The largest absolute Gasteiger partial charge is 0.388 e. The monoisotopic (exact) mass is 345 g/mol. The number of nitrogens with zero attached hydrogens (tertiary/aromatic N) is 4. The van der Waals surface area contributed by atoms with Gasteiger partial charge in [0.15, 0.2) is 23.2 Å². The lowest BCUT2D eigenvalue weighted by molar-refractivity contribution is -0.0345. The fraction of sp³-hybridized carbons (Fsp3) is 0.312. The maximum atomic E-state index is 13.5. The van der Waals surface area contributed by atoms with E-state index >= 15 is 0 Å². The van der Waals surface area contributed by atoms with E-state index < -0.39 is 30.6 Å². The number of aliphatic hydroxyl groups excluding tert-OH is 2. The summed E-state index contributed by atoms with van der Waals surface area (Å²) in [7, 11) is 0. The van der Waals surface area contributed by atoms with Crippen molar-refractivity contribution in [2.75, 3.05) is 5.73 Å². The number of imidazole rings is 1. The molecule has 0 saturated carbocycles. The number of ether oxygens (including phenoxy) is 1. The van der Waals surface area contributed by atoms with Gasteiger partial charge in [0.25, 0.3) is 0 Å². The summed E-state index contributed by atoms with van der Waals surface area (Å²) in [6.45, 7) is 0. The second kappa shape index (κ2) is 6.03. The van der Waals surface area contributed by atoms with Gasteiger partial charge in [0, 0.05) is 6.42 Å². The summed E-state index contributed by atoms with van der Waals surface area (Å²) in [6, 6.07) is 9.48. The molecule has 0 amide bonds. The molecule has 4 atom stereocenters. The number of benzene rings is 1. The van der Waals surface area contributed by atoms with Crippen LogP contribution in [-0.2, 0) is 11.2 Å². The molecule has 4 N–H and O–H groups in total. The Hall–Kier alpha value is -2.62. The maximum absolute atomic E-state index is 13.5. The van der Waals surface area contributed by atoms with Gasteiger partial charge in [-0.2, -0.15) is 14.4 Å². The highest BCUT2D eigenvalue weighted by molar-refractivity contribution is 5.81. The zero-order chi connectivity index (χ0) is 17.6. The van der Waals surface area contributed by atoms with Gasteiger partial charge in [0.1, 0.15) is 12.2 Å². The second-order valence-electron chi connectivity index (χ2n) is 5.94. The van der Waals surface area contributed by atoms with Gasteiger partial charge in [-0.3, -0.25) is 4.57 Å². The van der Waals surface area contributed by atoms with Gasteiger partial charge in [-0.05, 0) is 5.56 Å². The number of hydrogen-bond acceptors (Lipinski definition) is 7. The highest BCUT2D eigenvalue weighted by Crippen LogP contribution is 2.33. The van der Waals surface area contributed by atoms with E-state index in [-0.39, 0.29) is 17.0 Å². The molecule has 0 bridgehead atoms. The van der Waals surface area contributed by atoms with Crippen molar-refractivity contribution < 1.29 is 19.3 Å². The van der Waals surface area contributed by atoms with E-state index in [9.17, 15) is 14.6 Å². The van der Waals surface area contributed by atoms with E-state index in [2.05, 4.69) is 15.0 Å². The number of aliphatic hydroxyl groups is 2. The Morgan fingerprint density at radius 2 is 1.92 bits per heavy atom. The smallest absolute Gasteiger partial charge is 0.312 e. The molecule has 130 valence electrons. The van der Waals surface area contributed by atoms with Crippen molar-refractivity contribution in [3.05, 3.63) is 48.3 Å². The number of hydrogen-bond donors (Lipinski definition) is 3. The van der Waals surface area contributed by atoms with Crippen LogP contribution in [0.1, 0.15) is 11.8 Å². The standard InChI is InChI=1S/C16H16FN5O3/c17-16-20-13(18)10-14(21-16)22(7-19-10)15-12(24)11(23)9(25-15)6-8-4-2-1-3-5-8/h1-5,7,9,11-12,15,23-24H,6H2,(H2,18,20,21)/t9-,11-,12+,15?/m1/s1. The summed E-state index contributed by atoms with van der Waals surface area (Å²) >= 11 is 0. The quantitative estimate of drug-likeness (QED) is 0.588. The molecule has 3 aromatic rings. The first-order valence-electron chi connectivity index (χ1n) is 7.75. The number of nitrogens with two attached hydrogens (primary N) is 1. The molecule has 9 heteroatoms. The molecule has 1 aliphatic heterocycles. The average molecular weight is 345 g/mol. The highest BCUT2D eigenvalue weighted by Gasteiger charge is 2.44. The summed E-state index contributed by atoms with van der Waals surface area (Å²) in [5.74, 6) is -0.102. The van der Waals surface area contributed by atoms with Crippen molar-refractivity contribution in [1.29, 1.82) is 0 Å². The van der Waals surface area contributed by atoms with Gasteiger partial charge in [-0.15, -0.1) is 0 Å². The molecular weight excluding hydrogens is 329 g/mol. The lowest BCUT2D eigenvalue weighted by Crippen LogP contribution is -2.32. The van der Waals surface area contributed by atoms with Gasteiger partial charge in [0.05, 0.1) is 12.4 Å². The third-order valence-corrected chi connectivity index (χ3v) is 4.31. The summed E-state index contributed by atoms with van der Waals surface area (Å²) < 4.78 is 20.7. The van der Waals surface area contributed by atoms with Crippen LogP contribution in [-0.4, -0.2) is 48.0 Å². The van der Waals surface area contributed by atoms with Gasteiger partial charge >= 0.3 is 6.08 Å². The van der Waals surface area contributed by atoms with Crippen molar-refractivity contribution in [1.82, 2.24) is 19.5 Å². The first-order chi connectivity index (χ1) is 12.0. The molecular formula is C16H16FN5O3. The van der Waals surface area contributed by atoms with Gasteiger partial charge in [-0.1, -0.05) is 30.3 Å². The zero-order valence-corrected chi connectivity index (χ0v) is 13.0. The van der Waals surface area contributed by atoms with Crippen LogP contribution in [0.3, 0.4) is 0 Å². The highest BCUT2D eigenvalue weighted by atomic mass is 19.1. The Labute approximate surface area is 141 Å². The third kappa shape index (κ3) is 2.72. The maximum Gasteiger partial charge on any atom is 0.312 e. The van der Waals surface area contributed by atoms with Crippen molar-refractivity contribution >= 4 is 17.0 Å². The molecule has 4 rings (SSSR count). The van der Waals surface area contributed by atoms with Crippen LogP contribution in [0.15, 0.2) is 36.7 Å². The Morgan fingerprint density at radius 1 is 1.16 bits per heavy atom. The zero-order valence-electron chi connectivity index (χ0n) is 13.0. The average Bonchev–Trinajstić information content (AvgIpc) is 3.12. The first kappa shape index (κ1) is 15.9. The molecule has 0 spiro atoms. The number of nitrogen functional groups attached to an aromatic ring is 1. The number of aromatic nitrogens is 4. The third-order valence-electron chi connectivity index (χ3n) is 4.31. The number of rotatable bonds is 3. The minimum atomic E-state index is -1.22. The summed E-state index contributed by atoms with van der Waals surface area (Å²) in [6.07, 6.45) is -3.14. The van der Waals surface area contributed by atoms with Crippen LogP contribution in [0.5, 0.6) is 0 Å². The van der Waals surface area contributed by atoms with Gasteiger partial charge in [0.2, 0.25) is 0 Å². The van der Waals surface area contributed by atoms with Crippen LogP contribution in [0.4, 0.5) is 10.2 Å². The first-order valence-corrected chi connectivity index (χ1v) is 7.75. The van der Waals surface area contributed by atoms with E-state index in [0.717, 1.165) is 5.56 Å². The molecule has 8 nitrogen and oxygen atoms in total. The molecule has 3 heterocycles. The molecule has 1 saturated heterocycles. The molecule has 0 radical (unpaired) electrons. The van der Waals surface area contributed by atoms with Gasteiger partial charge < -0.3 is 20.7 Å². The van der Waals surface area contributed by atoms with Gasteiger partial charge in [-0.25, -0.2) is 4.98 Å². The molecule has 0 aliphatic carbocycles. The van der Waals surface area contributed by atoms with Crippen LogP contribution < -0.4 is 5.73 Å². The fourth-order valence-electron chi connectivity index (χ4n) is 3.07. The lowest BCUT2D eigenvalue weighted by Gasteiger charge is -2.16. The summed E-state index contributed by atoms with van der Waals surface area (Å²) in [5.41, 5.74) is 6.91. The molecule has 1 unspecified atom stereocenters. The second-order valence-corrected chi connectivity index (χ2v) is 5.94. The minimum Gasteiger partial charge on any atom is -0.388 e. The van der Waals surface area contributed by atoms with Crippen molar-refractivity contribution in [2.24, 2.45) is 0 Å². The number of anilines is 1. The number of halogens is 1. The molecule has 1 fully saturated rings. The van der Waals surface area contributed by atoms with E-state index in [4.69, 9.17) is 10.5 Å². The predicted molar refractivity (Wildman–Crippen MR) is 85.8 cm³/mol. The van der Waals surface area contributed by atoms with Crippen molar-refractivity contribution in [3.8, 4) is 0 Å². The Morgan fingerprint density at radius 3 is 2.68 bits per heavy atom. The van der Waals surface area contributed by atoms with Crippen molar-refractivity contribution in [3.63, 3.8) is 0 Å². The van der Waals surface area contributed by atoms with E-state index in [1.165, 1.54) is 10.9 Å². The Kier molecular flexibility index (Phi) is 3.83. The molecule has 1 aliphatic rings. The Balaban J connectivity index is 1.65. The molecule has 2 aromatic heterocycles. The van der Waals surface area contributed by atoms with Crippen LogP contribution >= 0.6 is 0 Å². The summed E-state index contributed by atoms with van der Waals surface area (Å²) in [5, 5.41) is 20.7. The normalized spacial score (nSPS) is 26.4. The van der Waals surface area contributed by atoms with Crippen LogP contribution in [0, 0.1) is 6.08 Å². The van der Waals surface area contributed by atoms with E-state index in [1.807, 2.05) is 30.3 Å². The van der Waals surface area contributed by atoms with Crippen molar-refractivity contribution in [2.45, 2.75) is 31.0 Å². The minimum absolute atomic E-state index is 0.0987. The fourth-order valence-corrected chi connectivity index (χ4v) is 3.07. The SMILES string of the molecule is Nc1nc(F)nc2c1ncn2C1O[C@H](Cc2ccccc2)[C@@H](O)[C@@H]1O. The Bertz CT molecular complexity index is 903. The predicted octanol–water partition coefficient (Wildman–Crippen LogP) is 0.409. The van der Waals surface area contributed by atoms with Crippen LogP contribution in [0.25, 0.3) is 11.2 Å².